The van der Waals surface area contributed by atoms with Crippen LogP contribution in [0, 0.1) is 0 Å². The number of aryl methyl sites for hydroxylation is 1. The molecule has 0 fully saturated rings. The second kappa shape index (κ2) is 11.2. The first-order valence-corrected chi connectivity index (χ1v) is 9.30. The van der Waals surface area contributed by atoms with Crippen molar-refractivity contribution >= 4 is 12.4 Å². The van der Waals surface area contributed by atoms with Crippen LogP contribution in [-0.2, 0) is 16.0 Å². The molecule has 3 rings (SSSR count). The fourth-order valence-corrected chi connectivity index (χ4v) is 2.70. The summed E-state index contributed by atoms with van der Waals surface area (Å²) in [7, 11) is 0. The number of amides is 1. The molecule has 0 spiro atoms. The molecule has 1 aromatic carbocycles. The lowest BCUT2D eigenvalue weighted by Crippen LogP contribution is -2.16. The summed E-state index contributed by atoms with van der Waals surface area (Å²) in [6.07, 6.45) is 11.4. The molecule has 0 saturated heterocycles. The van der Waals surface area contributed by atoms with Crippen LogP contribution in [0.3, 0.4) is 0 Å². The normalized spacial score (nSPS) is 12.6. The van der Waals surface area contributed by atoms with Gasteiger partial charge in [-0.2, -0.15) is 0 Å². The maximum absolute atomic E-state index is 10.7. The average Bonchev–Trinajstić information content (AvgIpc) is 2.96. The number of aromatic hydroxyl groups is 1. The molecule has 0 atom stereocenters. The number of carbonyl (C=O) groups is 2. The zero-order valence-corrected chi connectivity index (χ0v) is 16.2. The predicted molar refractivity (Wildman–Crippen MR) is 112 cm³/mol. The first-order valence-electron chi connectivity index (χ1n) is 9.30. The molecule has 1 aliphatic carbocycles. The quantitative estimate of drug-likeness (QED) is 0.646. The van der Waals surface area contributed by atoms with Crippen molar-refractivity contribution in [2.45, 2.75) is 26.2 Å². The van der Waals surface area contributed by atoms with Crippen LogP contribution in [0.15, 0.2) is 78.2 Å². The molecule has 1 aromatic heterocycles. The highest BCUT2D eigenvalue weighted by molar-refractivity contribution is 5.92. The van der Waals surface area contributed by atoms with Crippen molar-refractivity contribution in [1.29, 1.82) is 0 Å². The van der Waals surface area contributed by atoms with E-state index >= 15 is 0 Å². The number of nitrogens with zero attached hydrogens (tertiary/aromatic N) is 1. The van der Waals surface area contributed by atoms with E-state index in [1.165, 1.54) is 17.8 Å². The lowest BCUT2D eigenvalue weighted by atomic mass is 10.1. The molecule has 0 radical (unpaired) electrons. The summed E-state index contributed by atoms with van der Waals surface area (Å²) in [5.74, 6) is -0.849. The molecule has 1 heterocycles. The first-order chi connectivity index (χ1) is 14.0. The summed E-state index contributed by atoms with van der Waals surface area (Å²) >= 11 is 0. The van der Waals surface area contributed by atoms with Gasteiger partial charge in [-0.3, -0.25) is 9.78 Å². The number of carbonyl (C=O) groups excluding carboxylic acids is 1. The summed E-state index contributed by atoms with van der Waals surface area (Å²) in [5.41, 5.74) is 3.76. The van der Waals surface area contributed by atoms with E-state index in [9.17, 15) is 9.59 Å². The van der Waals surface area contributed by atoms with Gasteiger partial charge in [-0.1, -0.05) is 55.8 Å². The van der Waals surface area contributed by atoms with Gasteiger partial charge in [0, 0.05) is 5.56 Å². The summed E-state index contributed by atoms with van der Waals surface area (Å²) < 4.78 is 0. The zero-order chi connectivity index (χ0) is 21.1. The Bertz CT molecular complexity index is 911. The molecule has 0 bridgehead atoms. The molecule has 3 N–H and O–H groups in total. The standard InChI is InChI=1S/C14H15NO.C9H9NO3/c1-2-3-11-4-6-12(7-5-11)14-9-8-13(16)10-15-14;11-6-10-8-5-3-1-2-4-7(8)9(12)13/h4-10,16H,2-3H2,1H3;1-2,4-6H,3H2,(H,10,11)(H,12,13). The van der Waals surface area contributed by atoms with E-state index in [1.54, 1.807) is 18.2 Å². The smallest absolute Gasteiger partial charge is 0.337 e. The third-order valence-corrected chi connectivity index (χ3v) is 4.13. The van der Waals surface area contributed by atoms with E-state index in [2.05, 4.69) is 41.5 Å². The number of carboxylic acid groups (broad SMARTS) is 1. The van der Waals surface area contributed by atoms with E-state index in [4.69, 9.17) is 10.2 Å². The Morgan fingerprint density at radius 3 is 2.55 bits per heavy atom. The Hall–Kier alpha value is -3.67. The number of carboxylic acids is 1. The predicted octanol–water partition coefficient (Wildman–Crippen LogP) is 3.99. The van der Waals surface area contributed by atoms with Gasteiger partial charge in [-0.15, -0.1) is 0 Å². The minimum atomic E-state index is -1.05. The molecule has 6 nitrogen and oxygen atoms in total. The molecule has 6 heteroatoms. The molecule has 29 heavy (non-hydrogen) atoms. The lowest BCUT2D eigenvalue weighted by Gasteiger charge is -2.04. The van der Waals surface area contributed by atoms with Crippen LogP contribution in [0.4, 0.5) is 0 Å². The second-order valence-corrected chi connectivity index (χ2v) is 6.28. The van der Waals surface area contributed by atoms with Crippen molar-refractivity contribution in [2.24, 2.45) is 0 Å². The number of nitrogens with one attached hydrogen (secondary N) is 1. The van der Waals surface area contributed by atoms with Crippen LogP contribution in [0.1, 0.15) is 25.3 Å². The highest BCUT2D eigenvalue weighted by Crippen LogP contribution is 2.19. The Balaban J connectivity index is 0.000000212. The number of benzene rings is 1. The van der Waals surface area contributed by atoms with Gasteiger partial charge in [0.15, 0.2) is 0 Å². The Morgan fingerprint density at radius 1 is 1.21 bits per heavy atom. The number of aliphatic carboxylic acids is 1. The van der Waals surface area contributed by atoms with Crippen molar-refractivity contribution < 1.29 is 19.8 Å². The Morgan fingerprint density at radius 2 is 1.97 bits per heavy atom. The van der Waals surface area contributed by atoms with E-state index in [0.717, 1.165) is 24.1 Å². The Labute approximate surface area is 169 Å². The van der Waals surface area contributed by atoms with E-state index in [1.807, 2.05) is 12.1 Å². The molecule has 0 saturated carbocycles. The minimum Gasteiger partial charge on any atom is -0.506 e. The number of allylic oxidation sites excluding steroid dienone is 4. The average molecular weight is 392 g/mol. The van der Waals surface area contributed by atoms with Crippen molar-refractivity contribution in [3.05, 3.63) is 83.7 Å². The Kier molecular flexibility index (Phi) is 8.38. The van der Waals surface area contributed by atoms with Gasteiger partial charge in [-0.25, -0.2) is 4.79 Å². The summed E-state index contributed by atoms with van der Waals surface area (Å²) in [6.45, 7) is 2.18. The van der Waals surface area contributed by atoms with Crippen molar-refractivity contribution in [2.75, 3.05) is 0 Å². The van der Waals surface area contributed by atoms with Crippen LogP contribution in [0.5, 0.6) is 5.75 Å². The zero-order valence-electron chi connectivity index (χ0n) is 16.2. The molecule has 1 amide bonds. The van der Waals surface area contributed by atoms with E-state index in [0.29, 0.717) is 18.5 Å². The van der Waals surface area contributed by atoms with Crippen LogP contribution in [0.25, 0.3) is 11.3 Å². The van der Waals surface area contributed by atoms with Gasteiger partial charge in [0.05, 0.1) is 23.2 Å². The van der Waals surface area contributed by atoms with Crippen LogP contribution in [-0.4, -0.2) is 27.6 Å². The number of rotatable bonds is 6. The highest BCUT2D eigenvalue weighted by atomic mass is 16.4. The van der Waals surface area contributed by atoms with E-state index in [-0.39, 0.29) is 11.3 Å². The summed E-state index contributed by atoms with van der Waals surface area (Å²) in [5, 5.41) is 20.3. The number of aromatic nitrogens is 1. The topological polar surface area (TPSA) is 99.5 Å². The van der Waals surface area contributed by atoms with Gasteiger partial charge in [-0.05, 0) is 36.6 Å². The molecule has 2 aromatic rings. The van der Waals surface area contributed by atoms with E-state index < -0.39 is 5.97 Å². The summed E-state index contributed by atoms with van der Waals surface area (Å²) in [4.78, 5) is 25.0. The maximum Gasteiger partial charge on any atom is 0.337 e. The highest BCUT2D eigenvalue weighted by Gasteiger charge is 2.12. The molecular weight excluding hydrogens is 368 g/mol. The molecule has 0 unspecified atom stereocenters. The van der Waals surface area contributed by atoms with Crippen LogP contribution < -0.4 is 5.32 Å². The first kappa shape index (κ1) is 21.6. The van der Waals surface area contributed by atoms with Gasteiger partial charge < -0.3 is 15.5 Å². The largest absolute Gasteiger partial charge is 0.506 e. The maximum atomic E-state index is 10.7. The third kappa shape index (κ3) is 6.77. The molecule has 0 aliphatic heterocycles. The number of pyridine rings is 1. The van der Waals surface area contributed by atoms with Gasteiger partial charge >= 0.3 is 5.97 Å². The molecule has 150 valence electrons. The van der Waals surface area contributed by atoms with Crippen LogP contribution in [0.2, 0.25) is 0 Å². The molecule has 1 aliphatic rings. The van der Waals surface area contributed by atoms with Gasteiger partial charge in [0.25, 0.3) is 0 Å². The van der Waals surface area contributed by atoms with Gasteiger partial charge in [0.2, 0.25) is 6.41 Å². The van der Waals surface area contributed by atoms with Crippen molar-refractivity contribution in [3.8, 4) is 17.0 Å². The SMILES string of the molecule is CCCc1ccc(-c2ccc(O)cn2)cc1.O=CNC1=CCC=CC=C1C(=O)O. The third-order valence-electron chi connectivity index (χ3n) is 4.13. The van der Waals surface area contributed by atoms with Gasteiger partial charge in [0.1, 0.15) is 5.75 Å². The van der Waals surface area contributed by atoms with Crippen LogP contribution >= 0.6 is 0 Å². The number of hydrogen-bond donors (Lipinski definition) is 3. The fraction of sp³-hybridized carbons (Fsp3) is 0.174. The molecular formula is C23H24N2O4. The summed E-state index contributed by atoms with van der Waals surface area (Å²) in [6, 6.07) is 11.9. The lowest BCUT2D eigenvalue weighted by molar-refractivity contribution is -0.132. The monoisotopic (exact) mass is 392 g/mol. The minimum absolute atomic E-state index is 0.0980. The number of hydrogen-bond acceptors (Lipinski definition) is 4. The van der Waals surface area contributed by atoms with Crippen molar-refractivity contribution in [1.82, 2.24) is 10.3 Å². The second-order valence-electron chi connectivity index (χ2n) is 6.28. The fourth-order valence-electron chi connectivity index (χ4n) is 2.70. The van der Waals surface area contributed by atoms with Crippen molar-refractivity contribution in [3.63, 3.8) is 0 Å².